The Labute approximate surface area is 151 Å². The first kappa shape index (κ1) is 16.6. The molecule has 1 aliphatic heterocycles. The normalized spacial score (nSPS) is 13.0. The van der Waals surface area contributed by atoms with Crippen molar-refractivity contribution in [3.8, 4) is 0 Å². The van der Waals surface area contributed by atoms with Crippen LogP contribution in [-0.4, -0.2) is 37.8 Å². The molecule has 1 aromatic heterocycles. The van der Waals surface area contributed by atoms with Crippen LogP contribution in [0.3, 0.4) is 0 Å². The van der Waals surface area contributed by atoms with Gasteiger partial charge >= 0.3 is 5.97 Å². The predicted molar refractivity (Wildman–Crippen MR) is 87.9 cm³/mol. The highest BCUT2D eigenvalue weighted by molar-refractivity contribution is 6.21. The van der Waals surface area contributed by atoms with E-state index in [9.17, 15) is 18.8 Å². The van der Waals surface area contributed by atoms with Crippen molar-refractivity contribution in [2.75, 3.05) is 0 Å². The van der Waals surface area contributed by atoms with Gasteiger partial charge in [0.15, 0.2) is 5.69 Å². The van der Waals surface area contributed by atoms with Gasteiger partial charge in [-0.15, -0.1) is 5.10 Å². The maximum atomic E-state index is 13.2. The first-order valence-electron chi connectivity index (χ1n) is 7.87. The smallest absolute Gasteiger partial charge is 0.322 e. The second-order valence-corrected chi connectivity index (χ2v) is 5.76. The molecule has 0 N–H and O–H groups in total. The van der Waals surface area contributed by atoms with Gasteiger partial charge in [0, 0.05) is 0 Å². The van der Waals surface area contributed by atoms with Crippen LogP contribution in [0.1, 0.15) is 36.8 Å². The molecule has 0 atom stereocenters. The number of nitrogens with zero attached hydrogens (tertiary/aromatic N) is 4. The lowest BCUT2D eigenvalue weighted by atomic mass is 10.1. The molecule has 0 saturated carbocycles. The molecule has 1 aliphatic rings. The average Bonchev–Trinajstić information content (AvgIpc) is 3.21. The summed E-state index contributed by atoms with van der Waals surface area (Å²) < 4.78 is 14.5. The monoisotopic (exact) mass is 366 g/mol. The summed E-state index contributed by atoms with van der Waals surface area (Å²) in [6.07, 6.45) is 1.28. The lowest BCUT2D eigenvalue weighted by molar-refractivity contribution is -0.0588. The first-order valence-corrected chi connectivity index (χ1v) is 7.87. The highest BCUT2D eigenvalue weighted by Crippen LogP contribution is 2.23. The van der Waals surface area contributed by atoms with Crippen LogP contribution in [0, 0.1) is 5.82 Å². The van der Waals surface area contributed by atoms with Gasteiger partial charge in [-0.25, -0.2) is 13.9 Å². The molecule has 2 heterocycles. The maximum Gasteiger partial charge on any atom is 0.385 e. The lowest BCUT2D eigenvalue weighted by Gasteiger charge is -2.11. The number of carbonyl (C=O) groups is 3. The minimum absolute atomic E-state index is 0.157. The molecule has 0 unspecified atom stereocenters. The molecule has 2 aromatic carbocycles. The fourth-order valence-electron chi connectivity index (χ4n) is 2.67. The molecule has 0 bridgehead atoms. The fraction of sp³-hybridized carbons (Fsp3) is 0.0556. The van der Waals surface area contributed by atoms with Gasteiger partial charge in [-0.3, -0.25) is 9.59 Å². The zero-order valence-electron chi connectivity index (χ0n) is 13.7. The number of hydroxylamine groups is 2. The van der Waals surface area contributed by atoms with E-state index in [1.54, 1.807) is 24.3 Å². The Balaban J connectivity index is 1.48. The van der Waals surface area contributed by atoms with Crippen molar-refractivity contribution in [3.63, 3.8) is 0 Å². The van der Waals surface area contributed by atoms with Crippen molar-refractivity contribution < 1.29 is 23.6 Å². The Morgan fingerprint density at radius 2 is 1.74 bits per heavy atom. The van der Waals surface area contributed by atoms with Crippen molar-refractivity contribution in [3.05, 3.63) is 82.9 Å². The number of amides is 2. The second-order valence-electron chi connectivity index (χ2n) is 5.76. The minimum Gasteiger partial charge on any atom is -0.322 e. The highest BCUT2D eigenvalue weighted by atomic mass is 19.1. The van der Waals surface area contributed by atoms with Crippen molar-refractivity contribution in [1.29, 1.82) is 0 Å². The summed E-state index contributed by atoms with van der Waals surface area (Å²) in [7, 11) is 0. The summed E-state index contributed by atoms with van der Waals surface area (Å²) in [6.45, 7) is 0.186. The molecular weight excluding hydrogens is 355 g/mol. The molecule has 0 saturated heterocycles. The van der Waals surface area contributed by atoms with Crippen LogP contribution in [0.2, 0.25) is 0 Å². The lowest BCUT2D eigenvalue weighted by Crippen LogP contribution is -2.32. The molecule has 134 valence electrons. The van der Waals surface area contributed by atoms with Crippen LogP contribution in [0.5, 0.6) is 0 Å². The molecule has 27 heavy (non-hydrogen) atoms. The van der Waals surface area contributed by atoms with Gasteiger partial charge in [-0.05, 0) is 29.8 Å². The Morgan fingerprint density at radius 3 is 2.41 bits per heavy atom. The van der Waals surface area contributed by atoms with E-state index >= 15 is 0 Å². The van der Waals surface area contributed by atoms with Crippen molar-refractivity contribution in [2.45, 2.75) is 6.54 Å². The molecule has 0 aliphatic carbocycles. The number of benzene rings is 2. The van der Waals surface area contributed by atoms with Crippen molar-refractivity contribution in [1.82, 2.24) is 20.1 Å². The van der Waals surface area contributed by atoms with Gasteiger partial charge in [0.25, 0.3) is 11.8 Å². The van der Waals surface area contributed by atoms with Crippen LogP contribution in [-0.2, 0) is 11.4 Å². The molecule has 9 heteroatoms. The van der Waals surface area contributed by atoms with E-state index in [0.29, 0.717) is 10.6 Å². The molecule has 4 rings (SSSR count). The van der Waals surface area contributed by atoms with Crippen molar-refractivity contribution in [2.24, 2.45) is 0 Å². The van der Waals surface area contributed by atoms with Gasteiger partial charge in [-0.1, -0.05) is 34.5 Å². The fourth-order valence-corrected chi connectivity index (χ4v) is 2.67. The summed E-state index contributed by atoms with van der Waals surface area (Å²) in [5.41, 5.74) is 0.748. The third-order valence-corrected chi connectivity index (χ3v) is 3.91. The quantitative estimate of drug-likeness (QED) is 0.654. The van der Waals surface area contributed by atoms with E-state index in [2.05, 4.69) is 10.3 Å². The first-order chi connectivity index (χ1) is 13.0. The Kier molecular flexibility index (Phi) is 3.96. The number of halogens is 1. The van der Waals surface area contributed by atoms with Crippen LogP contribution in [0.15, 0.2) is 54.7 Å². The largest absolute Gasteiger partial charge is 0.385 e. The van der Waals surface area contributed by atoms with Gasteiger partial charge in [-0.2, -0.15) is 0 Å². The number of imide groups is 1. The van der Waals surface area contributed by atoms with Gasteiger partial charge in [0.2, 0.25) is 0 Å². The van der Waals surface area contributed by atoms with E-state index in [4.69, 9.17) is 4.84 Å². The number of hydrogen-bond acceptors (Lipinski definition) is 6. The minimum atomic E-state index is -1.00. The van der Waals surface area contributed by atoms with E-state index < -0.39 is 23.6 Å². The Morgan fingerprint density at radius 1 is 1.04 bits per heavy atom. The summed E-state index contributed by atoms with van der Waals surface area (Å²) in [5, 5.41) is 7.84. The number of aromatic nitrogens is 3. The standard InChI is InChI=1S/C18H11FN4O4/c19-12-5-3-4-11(8-12)9-22-10-15(20-21-22)18(26)27-23-16(24)13-6-1-2-7-14(13)17(23)25/h1-8,10H,9H2. The second kappa shape index (κ2) is 6.45. The van der Waals surface area contributed by atoms with Crippen LogP contribution in [0.4, 0.5) is 4.39 Å². The zero-order valence-corrected chi connectivity index (χ0v) is 13.7. The Hall–Kier alpha value is -3.88. The van der Waals surface area contributed by atoms with Gasteiger partial charge < -0.3 is 4.84 Å². The van der Waals surface area contributed by atoms with Crippen molar-refractivity contribution >= 4 is 17.8 Å². The third kappa shape index (κ3) is 3.06. The third-order valence-electron chi connectivity index (χ3n) is 3.91. The summed E-state index contributed by atoms with van der Waals surface area (Å²) in [4.78, 5) is 41.5. The number of rotatable bonds is 4. The molecular formula is C18H11FN4O4. The van der Waals surface area contributed by atoms with E-state index in [0.717, 1.165) is 0 Å². The number of hydrogen-bond donors (Lipinski definition) is 0. The van der Waals surface area contributed by atoms with E-state index in [1.165, 1.54) is 35.1 Å². The molecule has 8 nitrogen and oxygen atoms in total. The van der Waals surface area contributed by atoms with E-state index in [1.807, 2.05) is 0 Å². The Bertz CT molecular complexity index is 1040. The van der Waals surface area contributed by atoms with Crippen LogP contribution in [0.25, 0.3) is 0 Å². The molecule has 0 spiro atoms. The topological polar surface area (TPSA) is 94.4 Å². The van der Waals surface area contributed by atoms with Crippen LogP contribution >= 0.6 is 0 Å². The summed E-state index contributed by atoms with van der Waals surface area (Å²) >= 11 is 0. The molecule has 0 radical (unpaired) electrons. The number of carbonyl (C=O) groups excluding carboxylic acids is 3. The SMILES string of the molecule is O=C(ON1C(=O)c2ccccc2C1=O)c1cn(Cc2cccc(F)c2)nn1. The van der Waals surface area contributed by atoms with Gasteiger partial charge in [0.05, 0.1) is 23.9 Å². The summed E-state index contributed by atoms with van der Waals surface area (Å²) in [5.74, 6) is -2.85. The highest BCUT2D eigenvalue weighted by Gasteiger charge is 2.39. The molecule has 2 amide bonds. The average molecular weight is 366 g/mol. The van der Waals surface area contributed by atoms with E-state index in [-0.39, 0.29) is 23.4 Å². The molecule has 3 aromatic rings. The predicted octanol–water partition coefficient (Wildman–Crippen LogP) is 1.83. The number of fused-ring (bicyclic) bond motifs is 1. The van der Waals surface area contributed by atoms with Crippen LogP contribution < -0.4 is 0 Å². The molecule has 0 fully saturated rings. The zero-order chi connectivity index (χ0) is 19.0. The van der Waals surface area contributed by atoms with Gasteiger partial charge in [0.1, 0.15) is 5.82 Å². The summed E-state index contributed by atoms with van der Waals surface area (Å²) in [6, 6.07) is 12.0. The maximum absolute atomic E-state index is 13.2.